The third kappa shape index (κ3) is 3.26. The van der Waals surface area contributed by atoms with Crippen LogP contribution in [-0.4, -0.2) is 22.7 Å². The highest BCUT2D eigenvalue weighted by molar-refractivity contribution is 5.85. The maximum atomic E-state index is 10.2. The molecule has 1 rings (SSSR count). The number of carboxylic acids is 1. The molecular weight excluding hydrogens is 182 g/mol. The number of ether oxygens (including phenoxy) is 1. The van der Waals surface area contributed by atoms with Crippen molar-refractivity contribution in [3.05, 3.63) is 30.1 Å². The van der Waals surface area contributed by atoms with Gasteiger partial charge in [0, 0.05) is 12.3 Å². The highest BCUT2D eigenvalue weighted by Crippen LogP contribution is 2.11. The van der Waals surface area contributed by atoms with Crippen molar-refractivity contribution in [3.8, 4) is 5.75 Å². The summed E-state index contributed by atoms with van der Waals surface area (Å²) in [4.78, 5) is 14.2. The first kappa shape index (κ1) is 10.2. The number of hydrogen-bond donors (Lipinski definition) is 1. The zero-order chi connectivity index (χ0) is 10.4. The van der Waals surface area contributed by atoms with Crippen LogP contribution in [0.5, 0.6) is 5.75 Å². The maximum Gasteiger partial charge on any atom is 0.328 e. The molecule has 0 fully saturated rings. The summed E-state index contributed by atoms with van der Waals surface area (Å²) in [5.74, 6) is -0.341. The van der Waals surface area contributed by atoms with Gasteiger partial charge in [0.1, 0.15) is 5.75 Å². The number of pyridine rings is 1. The number of rotatable bonds is 4. The van der Waals surface area contributed by atoms with Crippen molar-refractivity contribution in [2.45, 2.75) is 6.92 Å². The molecule has 0 saturated heterocycles. The van der Waals surface area contributed by atoms with E-state index in [4.69, 9.17) is 9.84 Å². The Bertz CT molecular complexity index is 347. The number of aliphatic carboxylic acids is 1. The second-order valence-electron chi connectivity index (χ2n) is 2.56. The van der Waals surface area contributed by atoms with Gasteiger partial charge in [-0.2, -0.15) is 0 Å². The fourth-order valence-corrected chi connectivity index (χ4v) is 0.940. The quantitative estimate of drug-likeness (QED) is 0.737. The molecule has 1 heterocycles. The van der Waals surface area contributed by atoms with Gasteiger partial charge in [0.15, 0.2) is 0 Å². The zero-order valence-corrected chi connectivity index (χ0v) is 7.80. The lowest BCUT2D eigenvalue weighted by molar-refractivity contribution is -0.131. The topological polar surface area (TPSA) is 59.4 Å². The van der Waals surface area contributed by atoms with Gasteiger partial charge in [-0.3, -0.25) is 4.98 Å². The van der Waals surface area contributed by atoms with E-state index in [1.54, 1.807) is 18.5 Å². The molecule has 0 spiro atoms. The molecule has 4 heteroatoms. The lowest BCUT2D eigenvalue weighted by atomic mass is 10.2. The smallest absolute Gasteiger partial charge is 0.328 e. The van der Waals surface area contributed by atoms with Crippen LogP contribution in [0.25, 0.3) is 6.08 Å². The van der Waals surface area contributed by atoms with Crippen LogP contribution in [0.2, 0.25) is 0 Å². The molecule has 0 bridgehead atoms. The molecular formula is C10H11NO3. The summed E-state index contributed by atoms with van der Waals surface area (Å²) in [5.41, 5.74) is 0.707. The monoisotopic (exact) mass is 193 g/mol. The van der Waals surface area contributed by atoms with Gasteiger partial charge in [-0.1, -0.05) is 0 Å². The SMILES string of the molecule is CCOc1cncc(/C=C/C(=O)O)c1. The van der Waals surface area contributed by atoms with Crippen molar-refractivity contribution in [1.29, 1.82) is 0 Å². The summed E-state index contributed by atoms with van der Waals surface area (Å²) in [5, 5.41) is 8.41. The van der Waals surface area contributed by atoms with Crippen molar-refractivity contribution in [2.75, 3.05) is 6.61 Å². The number of carbonyl (C=O) groups is 1. The molecule has 1 aromatic heterocycles. The summed E-state index contributed by atoms with van der Waals surface area (Å²) in [7, 11) is 0. The Morgan fingerprint density at radius 3 is 3.07 bits per heavy atom. The first-order valence-electron chi connectivity index (χ1n) is 4.21. The molecule has 0 aliphatic carbocycles. The van der Waals surface area contributed by atoms with Gasteiger partial charge in [-0.15, -0.1) is 0 Å². The molecule has 0 amide bonds. The van der Waals surface area contributed by atoms with Crippen LogP contribution >= 0.6 is 0 Å². The number of aromatic nitrogens is 1. The van der Waals surface area contributed by atoms with Crippen molar-refractivity contribution in [2.24, 2.45) is 0 Å². The van der Waals surface area contributed by atoms with Crippen molar-refractivity contribution >= 4 is 12.0 Å². The third-order valence-corrected chi connectivity index (χ3v) is 1.46. The van der Waals surface area contributed by atoms with Crippen molar-refractivity contribution in [3.63, 3.8) is 0 Å². The van der Waals surface area contributed by atoms with Crippen LogP contribution in [0.4, 0.5) is 0 Å². The summed E-state index contributed by atoms with van der Waals surface area (Å²) in [6.07, 6.45) is 5.69. The Balaban J connectivity index is 2.77. The highest BCUT2D eigenvalue weighted by atomic mass is 16.5. The molecule has 14 heavy (non-hydrogen) atoms. The van der Waals surface area contributed by atoms with Gasteiger partial charge in [-0.25, -0.2) is 4.79 Å². The van der Waals surface area contributed by atoms with Crippen LogP contribution in [0.3, 0.4) is 0 Å². The molecule has 0 aliphatic heterocycles. The molecule has 74 valence electrons. The van der Waals surface area contributed by atoms with Crippen LogP contribution in [0, 0.1) is 0 Å². The second-order valence-corrected chi connectivity index (χ2v) is 2.56. The molecule has 4 nitrogen and oxygen atoms in total. The normalized spacial score (nSPS) is 10.4. The van der Waals surface area contributed by atoms with Gasteiger partial charge < -0.3 is 9.84 Å². The molecule has 0 aromatic carbocycles. The van der Waals surface area contributed by atoms with E-state index in [1.807, 2.05) is 6.92 Å². The predicted octanol–water partition coefficient (Wildman–Crippen LogP) is 1.58. The van der Waals surface area contributed by atoms with E-state index < -0.39 is 5.97 Å². The Morgan fingerprint density at radius 2 is 2.43 bits per heavy atom. The van der Waals surface area contributed by atoms with Crippen LogP contribution in [-0.2, 0) is 4.79 Å². The minimum absolute atomic E-state index is 0.563. The number of hydrogen-bond acceptors (Lipinski definition) is 3. The van der Waals surface area contributed by atoms with Gasteiger partial charge >= 0.3 is 5.97 Å². The number of nitrogens with zero attached hydrogens (tertiary/aromatic N) is 1. The Labute approximate surface area is 81.9 Å². The molecule has 1 aromatic rings. The minimum Gasteiger partial charge on any atom is -0.492 e. The maximum absolute atomic E-state index is 10.2. The van der Waals surface area contributed by atoms with Gasteiger partial charge in [0.05, 0.1) is 12.8 Å². The van der Waals surface area contributed by atoms with Crippen molar-refractivity contribution in [1.82, 2.24) is 4.98 Å². The van der Waals surface area contributed by atoms with E-state index in [9.17, 15) is 4.79 Å². The molecule has 0 radical (unpaired) electrons. The highest BCUT2D eigenvalue weighted by Gasteiger charge is 1.94. The molecule has 0 saturated carbocycles. The predicted molar refractivity (Wildman–Crippen MR) is 52.1 cm³/mol. The fourth-order valence-electron chi connectivity index (χ4n) is 0.940. The van der Waals surface area contributed by atoms with E-state index in [1.165, 1.54) is 6.08 Å². The van der Waals surface area contributed by atoms with Gasteiger partial charge in [0.2, 0.25) is 0 Å². The Hall–Kier alpha value is -1.84. The van der Waals surface area contributed by atoms with E-state index in [-0.39, 0.29) is 0 Å². The standard InChI is InChI=1S/C10H11NO3/c1-2-14-9-5-8(6-11-7-9)3-4-10(12)13/h3-7H,2H2,1H3,(H,12,13)/b4-3+. The molecule has 0 atom stereocenters. The largest absolute Gasteiger partial charge is 0.492 e. The van der Waals surface area contributed by atoms with Crippen molar-refractivity contribution < 1.29 is 14.6 Å². The fraction of sp³-hybridized carbons (Fsp3) is 0.200. The minimum atomic E-state index is -0.980. The second kappa shape index (κ2) is 5.01. The summed E-state index contributed by atoms with van der Waals surface area (Å²) < 4.78 is 5.21. The summed E-state index contributed by atoms with van der Waals surface area (Å²) >= 11 is 0. The van der Waals surface area contributed by atoms with Gasteiger partial charge in [-0.05, 0) is 24.6 Å². The molecule has 0 aliphatic rings. The molecule has 0 unspecified atom stereocenters. The first-order chi connectivity index (χ1) is 6.72. The van der Waals surface area contributed by atoms with E-state index in [2.05, 4.69) is 4.98 Å². The van der Waals surface area contributed by atoms with E-state index >= 15 is 0 Å². The first-order valence-corrected chi connectivity index (χ1v) is 4.21. The third-order valence-electron chi connectivity index (χ3n) is 1.46. The summed E-state index contributed by atoms with van der Waals surface area (Å²) in [6, 6.07) is 1.73. The number of carboxylic acid groups (broad SMARTS) is 1. The molecule has 1 N–H and O–H groups in total. The lowest BCUT2D eigenvalue weighted by Crippen LogP contribution is -1.92. The van der Waals surface area contributed by atoms with E-state index in [0.717, 1.165) is 6.08 Å². The van der Waals surface area contributed by atoms with Gasteiger partial charge in [0.25, 0.3) is 0 Å². The van der Waals surface area contributed by atoms with Crippen LogP contribution in [0.15, 0.2) is 24.5 Å². The van der Waals surface area contributed by atoms with E-state index in [0.29, 0.717) is 17.9 Å². The van der Waals surface area contributed by atoms with Crippen LogP contribution in [0.1, 0.15) is 12.5 Å². The Morgan fingerprint density at radius 1 is 1.64 bits per heavy atom. The average molecular weight is 193 g/mol. The summed E-state index contributed by atoms with van der Waals surface area (Å²) in [6.45, 7) is 2.44. The Kier molecular flexibility index (Phi) is 3.67. The lowest BCUT2D eigenvalue weighted by Gasteiger charge is -2.01. The zero-order valence-electron chi connectivity index (χ0n) is 7.80. The van der Waals surface area contributed by atoms with Crippen LogP contribution < -0.4 is 4.74 Å². The average Bonchev–Trinajstić information content (AvgIpc) is 2.16.